The second-order valence-electron chi connectivity index (χ2n) is 5.97. The molecule has 1 aromatic heterocycles. The first kappa shape index (κ1) is 15.3. The minimum Gasteiger partial charge on any atom is -0.379 e. The normalized spacial score (nSPS) is 16.0. The van der Waals surface area contributed by atoms with Gasteiger partial charge >= 0.3 is 0 Å². The van der Waals surface area contributed by atoms with Gasteiger partial charge in [0, 0.05) is 23.0 Å². The second-order valence-corrected chi connectivity index (χ2v) is 5.97. The van der Waals surface area contributed by atoms with Crippen molar-refractivity contribution in [3.63, 3.8) is 0 Å². The number of amides is 2. The largest absolute Gasteiger partial charge is 0.379 e. The molecule has 6 heteroatoms. The average molecular weight is 335 g/mol. The van der Waals surface area contributed by atoms with E-state index in [0.29, 0.717) is 24.4 Å². The first-order chi connectivity index (χ1) is 12.2. The van der Waals surface area contributed by atoms with E-state index in [4.69, 9.17) is 4.84 Å². The zero-order valence-electron chi connectivity index (χ0n) is 13.4. The van der Waals surface area contributed by atoms with E-state index in [1.807, 2.05) is 54.6 Å². The number of hydrogen-bond donors (Lipinski definition) is 3. The number of carbonyl (C=O) groups is 2. The van der Waals surface area contributed by atoms with Gasteiger partial charge in [0.05, 0.1) is 5.92 Å². The van der Waals surface area contributed by atoms with Crippen LogP contribution in [-0.4, -0.2) is 23.3 Å². The molecule has 1 unspecified atom stereocenters. The topological polar surface area (TPSA) is 83.2 Å². The fourth-order valence-corrected chi connectivity index (χ4v) is 3.09. The highest BCUT2D eigenvalue weighted by Crippen LogP contribution is 2.31. The molecule has 0 saturated heterocycles. The third kappa shape index (κ3) is 2.94. The number of rotatable bonds is 4. The van der Waals surface area contributed by atoms with Crippen LogP contribution in [0.15, 0.2) is 54.6 Å². The number of aromatic amines is 1. The van der Waals surface area contributed by atoms with Gasteiger partial charge in [-0.1, -0.05) is 36.4 Å². The molecule has 0 fully saturated rings. The van der Waals surface area contributed by atoms with Crippen molar-refractivity contribution in [3.8, 4) is 5.75 Å². The predicted octanol–water partition coefficient (Wildman–Crippen LogP) is 2.50. The fraction of sp³-hybridized carbons (Fsp3) is 0.158. The van der Waals surface area contributed by atoms with Crippen LogP contribution in [0.4, 0.5) is 0 Å². The average Bonchev–Trinajstić information content (AvgIpc) is 3.08. The van der Waals surface area contributed by atoms with Gasteiger partial charge in [-0.15, -0.1) is 0 Å². The number of hydrogen-bond acceptors (Lipinski definition) is 3. The molecule has 3 aromatic rings. The van der Waals surface area contributed by atoms with Gasteiger partial charge in [0.25, 0.3) is 11.8 Å². The van der Waals surface area contributed by atoms with Gasteiger partial charge < -0.3 is 15.1 Å². The van der Waals surface area contributed by atoms with Crippen LogP contribution in [0.5, 0.6) is 5.75 Å². The Hall–Kier alpha value is -3.28. The van der Waals surface area contributed by atoms with E-state index in [9.17, 15) is 9.59 Å². The number of H-pyrrole nitrogens is 1. The van der Waals surface area contributed by atoms with E-state index in [2.05, 4.69) is 15.8 Å². The fourth-order valence-electron chi connectivity index (χ4n) is 3.09. The van der Waals surface area contributed by atoms with E-state index in [1.54, 1.807) is 0 Å². The summed E-state index contributed by atoms with van der Waals surface area (Å²) < 4.78 is 0. The van der Waals surface area contributed by atoms with Crippen LogP contribution in [0.2, 0.25) is 0 Å². The van der Waals surface area contributed by atoms with Crippen molar-refractivity contribution in [3.05, 3.63) is 65.9 Å². The Morgan fingerprint density at radius 3 is 2.80 bits per heavy atom. The summed E-state index contributed by atoms with van der Waals surface area (Å²) in [4.78, 5) is 32.7. The van der Waals surface area contributed by atoms with E-state index >= 15 is 0 Å². The number of nitrogens with one attached hydrogen (secondary N) is 3. The van der Waals surface area contributed by atoms with Crippen molar-refractivity contribution in [2.24, 2.45) is 0 Å². The lowest BCUT2D eigenvalue weighted by Crippen LogP contribution is -2.38. The van der Waals surface area contributed by atoms with Crippen LogP contribution in [0, 0.1) is 0 Å². The van der Waals surface area contributed by atoms with Crippen molar-refractivity contribution >= 4 is 22.7 Å². The zero-order chi connectivity index (χ0) is 17.2. The monoisotopic (exact) mass is 335 g/mol. The van der Waals surface area contributed by atoms with Crippen LogP contribution in [-0.2, 0) is 4.79 Å². The Labute approximate surface area is 144 Å². The molecule has 2 amide bonds. The predicted molar refractivity (Wildman–Crippen MR) is 93.2 cm³/mol. The molecule has 2 aromatic carbocycles. The smallest absolute Gasteiger partial charge is 0.267 e. The standard InChI is InChI=1S/C19H17N3O3/c23-18-14(13-6-2-4-8-17(13)25-22-18)9-10-20-19(24)16-11-12-5-1-3-7-15(12)21-16/h1-8,11,14,21H,9-10H2,(H,20,24)(H,22,23). The van der Waals surface area contributed by atoms with Gasteiger partial charge in [-0.25, -0.2) is 0 Å². The molecule has 3 N–H and O–H groups in total. The maximum absolute atomic E-state index is 12.3. The lowest BCUT2D eigenvalue weighted by Gasteiger charge is -2.24. The van der Waals surface area contributed by atoms with Gasteiger partial charge in [0.2, 0.25) is 0 Å². The van der Waals surface area contributed by atoms with Crippen LogP contribution >= 0.6 is 0 Å². The third-order valence-corrected chi connectivity index (χ3v) is 4.37. The van der Waals surface area contributed by atoms with Crippen LogP contribution in [0.3, 0.4) is 0 Å². The summed E-state index contributed by atoms with van der Waals surface area (Å²) in [6.45, 7) is 0.390. The van der Waals surface area contributed by atoms with Gasteiger partial charge in [-0.05, 0) is 24.6 Å². The molecule has 0 bridgehead atoms. The summed E-state index contributed by atoms with van der Waals surface area (Å²) in [6, 6.07) is 17.0. The van der Waals surface area contributed by atoms with E-state index in [1.165, 1.54) is 0 Å². The minimum absolute atomic E-state index is 0.183. The SMILES string of the molecule is O=C(NCCC1C(=O)NOc2ccccc21)c1cc2ccccc2[nH]1. The summed E-state index contributed by atoms with van der Waals surface area (Å²) in [6.07, 6.45) is 0.498. The highest BCUT2D eigenvalue weighted by Gasteiger charge is 2.28. The molecule has 25 heavy (non-hydrogen) atoms. The molecule has 4 rings (SSSR count). The molecule has 1 aliphatic heterocycles. The highest BCUT2D eigenvalue weighted by molar-refractivity contribution is 5.98. The van der Waals surface area contributed by atoms with E-state index < -0.39 is 0 Å². The van der Waals surface area contributed by atoms with Gasteiger partial charge in [0.1, 0.15) is 5.69 Å². The lowest BCUT2D eigenvalue weighted by molar-refractivity contribution is -0.131. The second kappa shape index (κ2) is 6.32. The summed E-state index contributed by atoms with van der Waals surface area (Å²) in [5, 5.41) is 3.86. The number of carbonyl (C=O) groups excluding carboxylic acids is 2. The minimum atomic E-state index is -0.340. The molecule has 1 atom stereocenters. The van der Waals surface area contributed by atoms with Crippen molar-refractivity contribution < 1.29 is 14.4 Å². The first-order valence-electron chi connectivity index (χ1n) is 8.14. The molecule has 126 valence electrons. The maximum Gasteiger partial charge on any atom is 0.267 e. The van der Waals surface area contributed by atoms with Crippen LogP contribution < -0.4 is 15.6 Å². The summed E-state index contributed by atoms with van der Waals surface area (Å²) >= 11 is 0. The Balaban J connectivity index is 1.42. The number of para-hydroxylation sites is 2. The van der Waals surface area contributed by atoms with Crippen molar-refractivity contribution in [1.82, 2.24) is 15.8 Å². The first-order valence-corrected chi connectivity index (χ1v) is 8.14. The highest BCUT2D eigenvalue weighted by atomic mass is 16.7. The Morgan fingerprint density at radius 2 is 1.92 bits per heavy atom. The van der Waals surface area contributed by atoms with Crippen molar-refractivity contribution in [2.75, 3.05) is 6.54 Å². The van der Waals surface area contributed by atoms with E-state index in [-0.39, 0.29) is 17.7 Å². The Morgan fingerprint density at radius 1 is 1.12 bits per heavy atom. The molecular formula is C19H17N3O3. The zero-order valence-corrected chi connectivity index (χ0v) is 13.4. The molecule has 0 saturated carbocycles. The number of hydroxylamine groups is 1. The van der Waals surface area contributed by atoms with Gasteiger partial charge in [-0.3, -0.25) is 9.59 Å². The Kier molecular flexibility index (Phi) is 3.85. The molecule has 0 radical (unpaired) electrons. The molecule has 0 spiro atoms. The maximum atomic E-state index is 12.3. The number of benzene rings is 2. The van der Waals surface area contributed by atoms with Crippen molar-refractivity contribution in [1.29, 1.82) is 0 Å². The number of fused-ring (bicyclic) bond motifs is 2. The summed E-state index contributed by atoms with van der Waals surface area (Å²) in [5.41, 5.74) is 4.69. The third-order valence-electron chi connectivity index (χ3n) is 4.37. The summed E-state index contributed by atoms with van der Waals surface area (Å²) in [5.74, 6) is -0.0717. The van der Waals surface area contributed by atoms with Crippen LogP contribution in [0.1, 0.15) is 28.4 Å². The molecule has 2 heterocycles. The van der Waals surface area contributed by atoms with Crippen molar-refractivity contribution in [2.45, 2.75) is 12.3 Å². The quantitative estimate of drug-likeness (QED) is 0.685. The lowest BCUT2D eigenvalue weighted by atomic mass is 9.93. The molecule has 1 aliphatic rings. The summed E-state index contributed by atoms with van der Waals surface area (Å²) in [7, 11) is 0. The number of aromatic nitrogens is 1. The molecule has 6 nitrogen and oxygen atoms in total. The van der Waals surface area contributed by atoms with Gasteiger partial charge in [-0.2, -0.15) is 5.48 Å². The molecule has 0 aliphatic carbocycles. The Bertz CT molecular complexity index is 915. The van der Waals surface area contributed by atoms with E-state index in [0.717, 1.165) is 16.5 Å². The molecular weight excluding hydrogens is 318 g/mol. The van der Waals surface area contributed by atoms with Crippen LogP contribution in [0.25, 0.3) is 10.9 Å². The van der Waals surface area contributed by atoms with Gasteiger partial charge in [0.15, 0.2) is 5.75 Å².